The van der Waals surface area contributed by atoms with Crippen molar-refractivity contribution in [1.29, 1.82) is 0 Å². The van der Waals surface area contributed by atoms with Crippen LogP contribution in [0.1, 0.15) is 26.2 Å². The smallest absolute Gasteiger partial charge is 0.142 e. The molecule has 0 aliphatic carbocycles. The molecule has 1 aromatic heterocycles. The highest BCUT2D eigenvalue weighted by Crippen LogP contribution is 2.27. The molecule has 1 aliphatic rings. The van der Waals surface area contributed by atoms with Crippen molar-refractivity contribution in [2.45, 2.75) is 26.2 Å². The number of nitrogens with one attached hydrogen (secondary N) is 1. The largest absolute Gasteiger partial charge is 0.355 e. The Morgan fingerprint density at radius 1 is 1.56 bits per heavy atom. The maximum absolute atomic E-state index is 4.49. The SMILES string of the molecule is CCCNCC1CCCN(c2ncccc2Br)C1. The molecule has 0 amide bonds. The molecule has 1 saturated heterocycles. The lowest BCUT2D eigenvalue weighted by Gasteiger charge is -2.34. The van der Waals surface area contributed by atoms with Crippen molar-refractivity contribution in [1.82, 2.24) is 10.3 Å². The molecule has 0 bridgehead atoms. The van der Waals surface area contributed by atoms with Gasteiger partial charge in [-0.05, 0) is 66.3 Å². The summed E-state index contributed by atoms with van der Waals surface area (Å²) in [7, 11) is 0. The molecule has 1 unspecified atom stereocenters. The van der Waals surface area contributed by atoms with E-state index in [0.29, 0.717) is 0 Å². The van der Waals surface area contributed by atoms with Crippen molar-refractivity contribution in [3.05, 3.63) is 22.8 Å². The molecule has 0 saturated carbocycles. The molecule has 1 N–H and O–H groups in total. The van der Waals surface area contributed by atoms with Crippen molar-refractivity contribution in [2.24, 2.45) is 5.92 Å². The Kier molecular flexibility index (Phi) is 5.45. The van der Waals surface area contributed by atoms with Gasteiger partial charge in [-0.2, -0.15) is 0 Å². The van der Waals surface area contributed by atoms with Gasteiger partial charge in [0.05, 0.1) is 4.47 Å². The van der Waals surface area contributed by atoms with Crippen LogP contribution >= 0.6 is 15.9 Å². The Bertz CT molecular complexity index is 370. The summed E-state index contributed by atoms with van der Waals surface area (Å²) in [6.07, 6.45) is 5.68. The molecular formula is C14H22BrN3. The van der Waals surface area contributed by atoms with Crippen molar-refractivity contribution in [2.75, 3.05) is 31.1 Å². The van der Waals surface area contributed by atoms with Gasteiger partial charge >= 0.3 is 0 Å². The fourth-order valence-corrected chi connectivity index (χ4v) is 3.02. The Hall–Kier alpha value is -0.610. The van der Waals surface area contributed by atoms with Crippen LogP contribution in [0, 0.1) is 5.92 Å². The van der Waals surface area contributed by atoms with Gasteiger partial charge in [0, 0.05) is 19.3 Å². The number of anilines is 1. The van der Waals surface area contributed by atoms with Crippen LogP contribution in [-0.2, 0) is 0 Å². The Morgan fingerprint density at radius 3 is 3.22 bits per heavy atom. The predicted octanol–water partition coefficient (Wildman–Crippen LogP) is 3.06. The minimum atomic E-state index is 0.749. The zero-order valence-corrected chi connectivity index (χ0v) is 12.6. The predicted molar refractivity (Wildman–Crippen MR) is 80.0 cm³/mol. The highest BCUT2D eigenvalue weighted by Gasteiger charge is 2.21. The zero-order valence-electron chi connectivity index (χ0n) is 11.0. The number of pyridine rings is 1. The summed E-state index contributed by atoms with van der Waals surface area (Å²) in [6, 6.07) is 4.04. The van der Waals surface area contributed by atoms with Crippen LogP contribution in [0.2, 0.25) is 0 Å². The molecule has 0 radical (unpaired) electrons. The topological polar surface area (TPSA) is 28.2 Å². The molecule has 2 heterocycles. The van der Waals surface area contributed by atoms with E-state index in [0.717, 1.165) is 42.4 Å². The van der Waals surface area contributed by atoms with Gasteiger partial charge in [-0.15, -0.1) is 0 Å². The van der Waals surface area contributed by atoms with Crippen LogP contribution in [-0.4, -0.2) is 31.2 Å². The molecule has 1 aliphatic heterocycles. The molecule has 0 spiro atoms. The lowest BCUT2D eigenvalue weighted by atomic mass is 9.98. The van der Waals surface area contributed by atoms with Gasteiger partial charge in [0.1, 0.15) is 5.82 Å². The van der Waals surface area contributed by atoms with Gasteiger partial charge in [0.25, 0.3) is 0 Å². The van der Waals surface area contributed by atoms with E-state index in [9.17, 15) is 0 Å². The molecule has 1 aromatic rings. The van der Waals surface area contributed by atoms with Crippen LogP contribution in [0.5, 0.6) is 0 Å². The normalized spacial score (nSPS) is 20.1. The Balaban J connectivity index is 1.92. The first-order valence-corrected chi connectivity index (χ1v) is 7.66. The molecule has 1 atom stereocenters. The fraction of sp³-hybridized carbons (Fsp3) is 0.643. The lowest BCUT2D eigenvalue weighted by Crippen LogP contribution is -2.40. The summed E-state index contributed by atoms with van der Waals surface area (Å²) < 4.78 is 1.10. The van der Waals surface area contributed by atoms with Gasteiger partial charge in [0.15, 0.2) is 0 Å². The maximum Gasteiger partial charge on any atom is 0.142 e. The number of nitrogens with zero attached hydrogens (tertiary/aromatic N) is 2. The van der Waals surface area contributed by atoms with Crippen molar-refractivity contribution >= 4 is 21.7 Å². The van der Waals surface area contributed by atoms with E-state index in [4.69, 9.17) is 0 Å². The Morgan fingerprint density at radius 2 is 2.44 bits per heavy atom. The minimum absolute atomic E-state index is 0.749. The minimum Gasteiger partial charge on any atom is -0.355 e. The van der Waals surface area contributed by atoms with Crippen molar-refractivity contribution in [3.63, 3.8) is 0 Å². The van der Waals surface area contributed by atoms with Crippen LogP contribution in [0.3, 0.4) is 0 Å². The molecule has 4 heteroatoms. The second kappa shape index (κ2) is 7.10. The molecule has 0 aromatic carbocycles. The maximum atomic E-state index is 4.49. The van der Waals surface area contributed by atoms with Gasteiger partial charge in [-0.1, -0.05) is 6.92 Å². The summed E-state index contributed by atoms with van der Waals surface area (Å²) in [5.41, 5.74) is 0. The summed E-state index contributed by atoms with van der Waals surface area (Å²) >= 11 is 3.60. The van der Waals surface area contributed by atoms with Crippen molar-refractivity contribution in [3.8, 4) is 0 Å². The van der Waals surface area contributed by atoms with Gasteiger partial charge < -0.3 is 10.2 Å². The number of rotatable bonds is 5. The number of hydrogen-bond acceptors (Lipinski definition) is 3. The monoisotopic (exact) mass is 311 g/mol. The zero-order chi connectivity index (χ0) is 12.8. The van der Waals surface area contributed by atoms with E-state index < -0.39 is 0 Å². The Labute approximate surface area is 118 Å². The van der Waals surface area contributed by atoms with E-state index in [1.54, 1.807) is 0 Å². The number of aromatic nitrogens is 1. The van der Waals surface area contributed by atoms with Crippen molar-refractivity contribution < 1.29 is 0 Å². The first-order valence-electron chi connectivity index (χ1n) is 6.87. The standard InChI is InChI=1S/C14H22BrN3/c1-2-7-16-10-12-5-4-9-18(11-12)14-13(15)6-3-8-17-14/h3,6,8,12,16H,2,4-5,7,9-11H2,1H3. The van der Waals surface area contributed by atoms with Crippen LogP contribution in [0.4, 0.5) is 5.82 Å². The quantitative estimate of drug-likeness (QED) is 0.847. The van der Waals surface area contributed by atoms with Gasteiger partial charge in [-0.25, -0.2) is 4.98 Å². The van der Waals surface area contributed by atoms with Gasteiger partial charge in [-0.3, -0.25) is 0 Å². The summed E-state index contributed by atoms with van der Waals surface area (Å²) in [4.78, 5) is 6.90. The van der Waals surface area contributed by atoms with Crippen LogP contribution < -0.4 is 10.2 Å². The second-order valence-electron chi connectivity index (χ2n) is 4.97. The van der Waals surface area contributed by atoms with E-state index >= 15 is 0 Å². The van der Waals surface area contributed by atoms with Gasteiger partial charge in [0.2, 0.25) is 0 Å². The molecule has 3 nitrogen and oxygen atoms in total. The summed E-state index contributed by atoms with van der Waals surface area (Å²) in [6.45, 7) is 6.72. The van der Waals surface area contributed by atoms with E-state index in [2.05, 4.69) is 44.1 Å². The summed E-state index contributed by atoms with van der Waals surface area (Å²) in [5, 5.41) is 3.53. The lowest BCUT2D eigenvalue weighted by molar-refractivity contribution is 0.391. The average molecular weight is 312 g/mol. The van der Waals surface area contributed by atoms with E-state index in [1.165, 1.54) is 19.3 Å². The number of hydrogen-bond donors (Lipinski definition) is 1. The summed E-state index contributed by atoms with van der Waals surface area (Å²) in [5.74, 6) is 1.84. The molecular weight excluding hydrogens is 290 g/mol. The first-order chi connectivity index (χ1) is 8.81. The average Bonchev–Trinajstić information content (AvgIpc) is 2.40. The van der Waals surface area contributed by atoms with Crippen LogP contribution in [0.15, 0.2) is 22.8 Å². The molecule has 18 heavy (non-hydrogen) atoms. The molecule has 1 fully saturated rings. The highest BCUT2D eigenvalue weighted by molar-refractivity contribution is 9.10. The fourth-order valence-electron chi connectivity index (χ4n) is 2.52. The third kappa shape index (κ3) is 3.69. The van der Waals surface area contributed by atoms with Crippen LogP contribution in [0.25, 0.3) is 0 Å². The van der Waals surface area contributed by atoms with E-state index in [-0.39, 0.29) is 0 Å². The number of halogens is 1. The number of piperidine rings is 1. The molecule has 100 valence electrons. The second-order valence-corrected chi connectivity index (χ2v) is 5.82. The first kappa shape index (κ1) is 13.8. The van der Waals surface area contributed by atoms with E-state index in [1.807, 2.05) is 12.3 Å². The third-order valence-corrected chi connectivity index (χ3v) is 4.04. The highest BCUT2D eigenvalue weighted by atomic mass is 79.9. The molecule has 2 rings (SSSR count). The third-order valence-electron chi connectivity index (χ3n) is 3.42.